The Morgan fingerprint density at radius 2 is 2.26 bits per heavy atom. The number of rotatable bonds is 3. The van der Waals surface area contributed by atoms with Gasteiger partial charge < -0.3 is 9.42 Å². The van der Waals surface area contributed by atoms with Gasteiger partial charge >= 0.3 is 0 Å². The van der Waals surface area contributed by atoms with Crippen molar-refractivity contribution in [2.75, 3.05) is 6.54 Å². The number of nitrogens with zero attached hydrogens (tertiary/aromatic N) is 5. The highest BCUT2D eigenvalue weighted by Crippen LogP contribution is 2.35. The van der Waals surface area contributed by atoms with Gasteiger partial charge in [0.15, 0.2) is 0 Å². The number of aryl methyl sites for hydroxylation is 2. The van der Waals surface area contributed by atoms with Crippen LogP contribution in [-0.2, 0) is 7.05 Å². The van der Waals surface area contributed by atoms with E-state index in [0.29, 0.717) is 24.0 Å². The quantitative estimate of drug-likeness (QED) is 0.737. The van der Waals surface area contributed by atoms with Gasteiger partial charge in [0.1, 0.15) is 11.7 Å². The molecule has 1 atom stereocenters. The monoisotopic (exact) mass is 329 g/mol. The second kappa shape index (κ2) is 5.31. The molecule has 7 nitrogen and oxygen atoms in total. The van der Waals surface area contributed by atoms with Crippen LogP contribution in [0.2, 0.25) is 0 Å². The van der Waals surface area contributed by atoms with E-state index in [2.05, 4.69) is 15.2 Å². The maximum atomic E-state index is 12.5. The summed E-state index contributed by atoms with van der Waals surface area (Å²) in [6, 6.07) is 5.56. The van der Waals surface area contributed by atoms with Crippen LogP contribution in [0.3, 0.4) is 0 Å². The van der Waals surface area contributed by atoms with E-state index < -0.39 is 0 Å². The van der Waals surface area contributed by atoms with Gasteiger partial charge in [-0.3, -0.25) is 9.48 Å². The Bertz CT molecular complexity index is 865. The average Bonchev–Trinajstić information content (AvgIpc) is 3.18. The molecule has 4 rings (SSSR count). The maximum absolute atomic E-state index is 12.5. The molecule has 1 fully saturated rings. The van der Waals surface area contributed by atoms with Gasteiger partial charge in [0.05, 0.1) is 4.88 Å². The number of aromatic nitrogens is 4. The first-order valence-electron chi connectivity index (χ1n) is 7.33. The first-order valence-corrected chi connectivity index (χ1v) is 8.14. The van der Waals surface area contributed by atoms with Gasteiger partial charge in [-0.05, 0) is 31.5 Å². The maximum Gasteiger partial charge on any atom is 0.275 e. The smallest absolute Gasteiger partial charge is 0.275 e. The Kier molecular flexibility index (Phi) is 3.26. The summed E-state index contributed by atoms with van der Waals surface area (Å²) < 4.78 is 7.00. The first kappa shape index (κ1) is 14.1. The molecule has 1 aliphatic heterocycles. The van der Waals surface area contributed by atoms with Crippen LogP contribution in [0.5, 0.6) is 0 Å². The van der Waals surface area contributed by atoms with Crippen LogP contribution < -0.4 is 0 Å². The van der Waals surface area contributed by atoms with Gasteiger partial charge in [0.25, 0.3) is 5.91 Å². The minimum absolute atomic E-state index is 0.103. The lowest BCUT2D eigenvalue weighted by atomic mass is 10.0. The zero-order chi connectivity index (χ0) is 16.0. The summed E-state index contributed by atoms with van der Waals surface area (Å²) >= 11 is 1.62. The number of amides is 1. The highest BCUT2D eigenvalue weighted by molar-refractivity contribution is 7.15. The van der Waals surface area contributed by atoms with E-state index in [4.69, 9.17) is 4.52 Å². The highest BCUT2D eigenvalue weighted by atomic mass is 32.1. The summed E-state index contributed by atoms with van der Waals surface area (Å²) in [5.74, 6) is 0.963. The predicted molar refractivity (Wildman–Crippen MR) is 84.0 cm³/mol. The SMILES string of the molecule is Cc1ccc(-c2noc([C@@H]3CCN3C(=O)c3ccn(C)n3)n2)s1. The van der Waals surface area contributed by atoms with Crippen molar-refractivity contribution in [2.24, 2.45) is 7.05 Å². The van der Waals surface area contributed by atoms with E-state index in [-0.39, 0.29) is 11.9 Å². The topological polar surface area (TPSA) is 77.0 Å². The lowest BCUT2D eigenvalue weighted by molar-refractivity contribution is 0.0372. The molecular formula is C15H15N5O2S. The zero-order valence-corrected chi connectivity index (χ0v) is 13.6. The van der Waals surface area contributed by atoms with Crippen LogP contribution in [-0.4, -0.2) is 37.3 Å². The van der Waals surface area contributed by atoms with Crippen molar-refractivity contribution in [1.82, 2.24) is 24.8 Å². The molecule has 0 bridgehead atoms. The summed E-state index contributed by atoms with van der Waals surface area (Å²) in [5.41, 5.74) is 0.436. The largest absolute Gasteiger partial charge is 0.337 e. The summed E-state index contributed by atoms with van der Waals surface area (Å²) in [4.78, 5) is 20.8. The number of likely N-dealkylation sites (tertiary alicyclic amines) is 1. The summed E-state index contributed by atoms with van der Waals surface area (Å²) in [6.45, 7) is 2.71. The molecule has 1 saturated heterocycles. The van der Waals surface area contributed by atoms with Gasteiger partial charge in [-0.15, -0.1) is 11.3 Å². The van der Waals surface area contributed by atoms with Gasteiger partial charge in [0, 0.05) is 24.7 Å². The standard InChI is InChI=1S/C15H15N5O2S/c1-9-3-4-12(23-9)13-16-14(22-18-13)11-6-8-20(11)15(21)10-5-7-19(2)17-10/h3-5,7,11H,6,8H2,1-2H3/t11-/m0/s1. The number of carbonyl (C=O) groups excluding carboxylic acids is 1. The second-order valence-corrected chi connectivity index (χ2v) is 6.83. The van der Waals surface area contributed by atoms with E-state index in [1.54, 1.807) is 40.2 Å². The van der Waals surface area contributed by atoms with Crippen LogP contribution in [0.1, 0.15) is 33.7 Å². The van der Waals surface area contributed by atoms with Crippen LogP contribution in [0.15, 0.2) is 28.9 Å². The van der Waals surface area contributed by atoms with Crippen molar-refractivity contribution < 1.29 is 9.32 Å². The third kappa shape index (κ3) is 2.44. The number of thiophene rings is 1. The molecule has 1 amide bonds. The van der Waals surface area contributed by atoms with Crippen LogP contribution in [0.25, 0.3) is 10.7 Å². The minimum atomic E-state index is -0.160. The molecule has 0 aromatic carbocycles. The average molecular weight is 329 g/mol. The Labute approximate surface area is 136 Å². The lowest BCUT2D eigenvalue weighted by Gasteiger charge is -2.37. The molecule has 0 spiro atoms. The third-order valence-electron chi connectivity index (χ3n) is 3.90. The Morgan fingerprint density at radius 1 is 1.39 bits per heavy atom. The molecule has 0 unspecified atom stereocenters. The van der Waals surface area contributed by atoms with Gasteiger partial charge in [-0.25, -0.2) is 0 Å². The molecule has 3 aromatic rings. The zero-order valence-electron chi connectivity index (χ0n) is 12.8. The number of hydrogen-bond acceptors (Lipinski definition) is 6. The molecule has 1 aliphatic rings. The van der Waals surface area contributed by atoms with E-state index in [0.717, 1.165) is 11.3 Å². The summed E-state index contributed by atoms with van der Waals surface area (Å²) in [6.07, 6.45) is 2.58. The molecule has 23 heavy (non-hydrogen) atoms. The van der Waals surface area contributed by atoms with E-state index in [1.807, 2.05) is 19.1 Å². The molecule has 0 saturated carbocycles. The Balaban J connectivity index is 1.54. The van der Waals surface area contributed by atoms with Gasteiger partial charge in [-0.1, -0.05) is 5.16 Å². The fraction of sp³-hybridized carbons (Fsp3) is 0.333. The van der Waals surface area contributed by atoms with Crippen LogP contribution in [0, 0.1) is 6.92 Å². The predicted octanol–water partition coefficient (Wildman–Crippen LogP) is 2.43. The fourth-order valence-corrected chi connectivity index (χ4v) is 3.38. The lowest BCUT2D eigenvalue weighted by Crippen LogP contribution is -2.45. The van der Waals surface area contributed by atoms with E-state index in [1.165, 1.54) is 4.88 Å². The highest BCUT2D eigenvalue weighted by Gasteiger charge is 2.38. The van der Waals surface area contributed by atoms with Gasteiger partial charge in [0.2, 0.25) is 11.7 Å². The normalized spacial score (nSPS) is 17.3. The molecule has 8 heteroatoms. The second-order valence-electron chi connectivity index (χ2n) is 5.54. The molecule has 0 N–H and O–H groups in total. The third-order valence-corrected chi connectivity index (χ3v) is 4.90. The van der Waals surface area contributed by atoms with Gasteiger partial charge in [-0.2, -0.15) is 10.1 Å². The molecule has 0 radical (unpaired) electrons. The van der Waals surface area contributed by atoms with Crippen molar-refractivity contribution in [2.45, 2.75) is 19.4 Å². The molecule has 118 valence electrons. The Morgan fingerprint density at radius 3 is 2.87 bits per heavy atom. The molecule has 4 heterocycles. The fourth-order valence-electron chi connectivity index (χ4n) is 2.59. The van der Waals surface area contributed by atoms with Crippen molar-refractivity contribution in [3.63, 3.8) is 0 Å². The molecule has 3 aromatic heterocycles. The number of carbonyl (C=O) groups is 1. The molecular weight excluding hydrogens is 314 g/mol. The van der Waals surface area contributed by atoms with Crippen molar-refractivity contribution in [3.8, 4) is 10.7 Å². The van der Waals surface area contributed by atoms with Crippen molar-refractivity contribution in [3.05, 3.63) is 40.9 Å². The van der Waals surface area contributed by atoms with Crippen LogP contribution >= 0.6 is 11.3 Å². The van der Waals surface area contributed by atoms with Crippen LogP contribution in [0.4, 0.5) is 0 Å². The van der Waals surface area contributed by atoms with E-state index in [9.17, 15) is 4.79 Å². The molecule has 0 aliphatic carbocycles. The minimum Gasteiger partial charge on any atom is -0.337 e. The Hall–Kier alpha value is -2.48. The van der Waals surface area contributed by atoms with Crippen molar-refractivity contribution in [1.29, 1.82) is 0 Å². The summed E-state index contributed by atoms with van der Waals surface area (Å²) in [5, 5.41) is 8.20. The summed E-state index contributed by atoms with van der Waals surface area (Å²) in [7, 11) is 1.79. The van der Waals surface area contributed by atoms with E-state index >= 15 is 0 Å². The van der Waals surface area contributed by atoms with Crippen molar-refractivity contribution >= 4 is 17.2 Å². The number of hydrogen-bond donors (Lipinski definition) is 0. The first-order chi connectivity index (χ1) is 11.1.